The Balaban J connectivity index is 1.75. The van der Waals surface area contributed by atoms with Gasteiger partial charge in [-0.05, 0) is 59.5 Å². The average molecular weight is 352 g/mol. The van der Waals surface area contributed by atoms with E-state index >= 15 is 0 Å². The molecule has 0 saturated carbocycles. The summed E-state index contributed by atoms with van der Waals surface area (Å²) in [5, 5.41) is 18.7. The second-order valence-corrected chi connectivity index (χ2v) is 6.27. The molecule has 0 unspecified atom stereocenters. The Bertz CT molecular complexity index is 928. The van der Waals surface area contributed by atoms with Crippen LogP contribution in [0.15, 0.2) is 71.6 Å². The van der Waals surface area contributed by atoms with Crippen molar-refractivity contribution in [2.75, 3.05) is 10.5 Å². The summed E-state index contributed by atoms with van der Waals surface area (Å²) in [5.74, 6) is -1.43. The molecule has 126 valence electrons. The lowest BCUT2D eigenvalue weighted by molar-refractivity contribution is 0.0694. The van der Waals surface area contributed by atoms with E-state index in [-0.39, 0.29) is 11.3 Å². The summed E-state index contributed by atoms with van der Waals surface area (Å²) in [4.78, 5) is 11.9. The largest absolute Gasteiger partial charge is 0.507 e. The van der Waals surface area contributed by atoms with Gasteiger partial charge < -0.3 is 20.7 Å². The van der Waals surface area contributed by atoms with E-state index in [0.29, 0.717) is 11.4 Å². The quantitative estimate of drug-likeness (QED) is 0.400. The van der Waals surface area contributed by atoms with E-state index < -0.39 is 5.97 Å². The molecule has 0 heterocycles. The van der Waals surface area contributed by atoms with Crippen molar-refractivity contribution in [1.82, 2.24) is 0 Å². The van der Waals surface area contributed by atoms with Gasteiger partial charge in [0.15, 0.2) is 0 Å². The van der Waals surface area contributed by atoms with Gasteiger partial charge in [0.1, 0.15) is 11.3 Å². The third kappa shape index (κ3) is 4.05. The number of carbonyl (C=O) groups is 1. The number of nitrogens with one attached hydrogen (secondary N) is 1. The molecule has 0 spiro atoms. The highest BCUT2D eigenvalue weighted by molar-refractivity contribution is 8.00. The highest BCUT2D eigenvalue weighted by atomic mass is 32.2. The Hall–Kier alpha value is -3.12. The van der Waals surface area contributed by atoms with Crippen molar-refractivity contribution >= 4 is 29.3 Å². The minimum Gasteiger partial charge on any atom is -0.507 e. The molecule has 0 aliphatic rings. The summed E-state index contributed by atoms with van der Waals surface area (Å²) in [6, 6.07) is 20.0. The van der Waals surface area contributed by atoms with Crippen molar-refractivity contribution < 1.29 is 15.0 Å². The number of nitrogens with two attached hydrogens (primary N) is 1. The summed E-state index contributed by atoms with van der Waals surface area (Å²) >= 11 is 1.37. The van der Waals surface area contributed by atoms with Crippen molar-refractivity contribution in [3.8, 4) is 16.9 Å². The molecule has 0 aliphatic carbocycles. The zero-order valence-electron chi connectivity index (χ0n) is 13.1. The van der Waals surface area contributed by atoms with Gasteiger partial charge in [-0.3, -0.25) is 0 Å². The standard InChI is InChI=1S/C19H16N2O3S/c20-14-5-1-3-12(9-14)13-4-2-6-16(10-13)25-21-15-7-8-17(19(23)24)18(22)11-15/h1-11,21-22H,20H2,(H,23,24). The van der Waals surface area contributed by atoms with Gasteiger partial charge in [0.2, 0.25) is 0 Å². The molecule has 25 heavy (non-hydrogen) atoms. The number of aromatic hydroxyl groups is 1. The topological polar surface area (TPSA) is 95.6 Å². The molecular formula is C19H16N2O3S. The van der Waals surface area contributed by atoms with Crippen LogP contribution in [0.25, 0.3) is 11.1 Å². The second-order valence-electron chi connectivity index (χ2n) is 5.39. The number of rotatable bonds is 5. The van der Waals surface area contributed by atoms with E-state index in [1.807, 2.05) is 48.5 Å². The van der Waals surface area contributed by atoms with Crippen LogP contribution in [-0.2, 0) is 0 Å². The summed E-state index contributed by atoms with van der Waals surface area (Å²) < 4.78 is 3.10. The van der Waals surface area contributed by atoms with E-state index in [2.05, 4.69) is 4.72 Å². The first-order chi connectivity index (χ1) is 12.0. The molecule has 3 aromatic rings. The minimum absolute atomic E-state index is 0.126. The molecule has 0 fully saturated rings. The minimum atomic E-state index is -1.16. The lowest BCUT2D eigenvalue weighted by atomic mass is 10.1. The summed E-state index contributed by atoms with van der Waals surface area (Å²) in [5.41, 5.74) is 9.11. The van der Waals surface area contributed by atoms with Gasteiger partial charge in [-0.25, -0.2) is 4.79 Å². The van der Waals surface area contributed by atoms with Crippen LogP contribution in [0.1, 0.15) is 10.4 Å². The molecule has 5 nitrogen and oxygen atoms in total. The fraction of sp³-hybridized carbons (Fsp3) is 0. The van der Waals surface area contributed by atoms with Gasteiger partial charge in [0.05, 0.1) is 0 Å². The normalized spacial score (nSPS) is 10.4. The smallest absolute Gasteiger partial charge is 0.339 e. The van der Waals surface area contributed by atoms with Gasteiger partial charge in [-0.1, -0.05) is 24.3 Å². The predicted octanol–water partition coefficient (Wildman–Crippen LogP) is 4.46. The molecule has 0 amide bonds. The first kappa shape index (κ1) is 16.7. The molecule has 6 heteroatoms. The van der Waals surface area contributed by atoms with E-state index in [4.69, 9.17) is 10.8 Å². The van der Waals surface area contributed by atoms with E-state index in [0.717, 1.165) is 16.0 Å². The Kier molecular flexibility index (Phi) is 4.81. The van der Waals surface area contributed by atoms with Crippen LogP contribution in [0.2, 0.25) is 0 Å². The number of carboxylic acid groups (broad SMARTS) is 1. The first-order valence-corrected chi connectivity index (χ1v) is 8.30. The number of benzene rings is 3. The first-order valence-electron chi connectivity index (χ1n) is 7.48. The van der Waals surface area contributed by atoms with Crippen molar-refractivity contribution in [2.45, 2.75) is 4.90 Å². The Labute approximate surface area is 149 Å². The molecule has 0 aromatic heterocycles. The van der Waals surface area contributed by atoms with Crippen molar-refractivity contribution in [3.63, 3.8) is 0 Å². The molecule has 0 atom stereocenters. The van der Waals surface area contributed by atoms with E-state index in [1.54, 1.807) is 6.07 Å². The van der Waals surface area contributed by atoms with Gasteiger partial charge in [-0.15, -0.1) is 0 Å². The molecule has 3 aromatic carbocycles. The van der Waals surface area contributed by atoms with Crippen molar-refractivity contribution in [3.05, 3.63) is 72.3 Å². The molecule has 5 N–H and O–H groups in total. The van der Waals surface area contributed by atoms with Gasteiger partial charge in [0, 0.05) is 22.3 Å². The van der Waals surface area contributed by atoms with Crippen molar-refractivity contribution in [2.24, 2.45) is 0 Å². The number of aromatic carboxylic acids is 1. The fourth-order valence-electron chi connectivity index (χ4n) is 2.35. The maximum Gasteiger partial charge on any atom is 0.339 e. The highest BCUT2D eigenvalue weighted by Gasteiger charge is 2.09. The highest BCUT2D eigenvalue weighted by Crippen LogP contribution is 2.29. The average Bonchev–Trinajstić information content (AvgIpc) is 2.60. The van der Waals surface area contributed by atoms with E-state index in [1.165, 1.54) is 24.1 Å². The Morgan fingerprint density at radius 2 is 1.68 bits per heavy atom. The van der Waals surface area contributed by atoms with Crippen LogP contribution in [0.5, 0.6) is 5.75 Å². The molecule has 3 rings (SSSR count). The number of hydrogen-bond acceptors (Lipinski definition) is 5. The zero-order valence-corrected chi connectivity index (χ0v) is 14.0. The van der Waals surface area contributed by atoms with Crippen LogP contribution in [-0.4, -0.2) is 16.2 Å². The van der Waals surface area contributed by atoms with Crippen LogP contribution in [0.3, 0.4) is 0 Å². The van der Waals surface area contributed by atoms with Crippen molar-refractivity contribution in [1.29, 1.82) is 0 Å². The number of carboxylic acids is 1. The lowest BCUT2D eigenvalue weighted by Gasteiger charge is -2.09. The van der Waals surface area contributed by atoms with Crippen LogP contribution in [0.4, 0.5) is 11.4 Å². The van der Waals surface area contributed by atoms with E-state index in [9.17, 15) is 9.90 Å². The zero-order chi connectivity index (χ0) is 17.8. The number of phenols is 1. The third-order valence-electron chi connectivity index (χ3n) is 3.57. The second kappa shape index (κ2) is 7.19. The molecule has 0 bridgehead atoms. The lowest BCUT2D eigenvalue weighted by Crippen LogP contribution is -1.97. The van der Waals surface area contributed by atoms with Crippen LogP contribution < -0.4 is 10.5 Å². The third-order valence-corrected chi connectivity index (χ3v) is 4.40. The van der Waals surface area contributed by atoms with Crippen LogP contribution >= 0.6 is 11.9 Å². The molecule has 0 aliphatic heterocycles. The molecule has 0 saturated heterocycles. The SMILES string of the molecule is Nc1cccc(-c2cccc(SNc3ccc(C(=O)O)c(O)c3)c2)c1. The maximum atomic E-state index is 10.9. The Morgan fingerprint density at radius 3 is 2.36 bits per heavy atom. The number of anilines is 2. The predicted molar refractivity (Wildman–Crippen MR) is 101 cm³/mol. The number of hydrogen-bond donors (Lipinski definition) is 4. The van der Waals surface area contributed by atoms with Gasteiger partial charge in [-0.2, -0.15) is 0 Å². The van der Waals surface area contributed by atoms with Gasteiger partial charge in [0.25, 0.3) is 0 Å². The maximum absolute atomic E-state index is 10.9. The molecular weight excluding hydrogens is 336 g/mol. The molecule has 0 radical (unpaired) electrons. The van der Waals surface area contributed by atoms with Crippen LogP contribution in [0, 0.1) is 0 Å². The number of nitrogen functional groups attached to an aromatic ring is 1. The van der Waals surface area contributed by atoms with Gasteiger partial charge >= 0.3 is 5.97 Å². The monoisotopic (exact) mass is 352 g/mol. The Morgan fingerprint density at radius 1 is 0.960 bits per heavy atom. The summed E-state index contributed by atoms with van der Waals surface area (Å²) in [7, 11) is 0. The fourth-order valence-corrected chi connectivity index (χ4v) is 3.05. The summed E-state index contributed by atoms with van der Waals surface area (Å²) in [6.07, 6.45) is 0. The summed E-state index contributed by atoms with van der Waals surface area (Å²) in [6.45, 7) is 0.